The number of phenolic OH excluding ortho intramolecular Hbond substituents is 1. The quantitative estimate of drug-likeness (QED) is 0.786. The van der Waals surface area contributed by atoms with Gasteiger partial charge in [-0.15, -0.1) is 0 Å². The van der Waals surface area contributed by atoms with Crippen LogP contribution in [0, 0.1) is 5.92 Å². The third-order valence-corrected chi connectivity index (χ3v) is 3.65. The van der Waals surface area contributed by atoms with E-state index in [4.69, 9.17) is 5.11 Å². The molecule has 2 unspecified atom stereocenters. The van der Waals surface area contributed by atoms with Gasteiger partial charge in [0.15, 0.2) is 0 Å². The first-order chi connectivity index (χ1) is 9.47. The van der Waals surface area contributed by atoms with E-state index in [1.165, 1.54) is 17.0 Å². The third kappa shape index (κ3) is 3.20. The van der Waals surface area contributed by atoms with Crippen LogP contribution in [-0.4, -0.2) is 35.3 Å². The van der Waals surface area contributed by atoms with Gasteiger partial charge in [0.25, 0.3) is 0 Å². The molecule has 0 radical (unpaired) electrons. The molecular formula is C14H18N2O4. The van der Waals surface area contributed by atoms with Gasteiger partial charge in [-0.3, -0.25) is 9.69 Å². The second-order valence-corrected chi connectivity index (χ2v) is 5.07. The first-order valence-corrected chi connectivity index (χ1v) is 6.53. The molecule has 0 bridgehead atoms. The van der Waals surface area contributed by atoms with Gasteiger partial charge in [-0.05, 0) is 43.5 Å². The molecule has 1 aliphatic rings. The number of nitrogens with zero attached hydrogens (tertiary/aromatic N) is 1. The molecule has 6 heteroatoms. The Morgan fingerprint density at radius 3 is 2.45 bits per heavy atom. The number of amides is 2. The number of aliphatic carboxylic acids is 1. The minimum Gasteiger partial charge on any atom is -0.508 e. The summed E-state index contributed by atoms with van der Waals surface area (Å²) in [7, 11) is 1.63. The first kappa shape index (κ1) is 14.2. The highest BCUT2D eigenvalue weighted by atomic mass is 16.4. The van der Waals surface area contributed by atoms with Crippen LogP contribution in [0.4, 0.5) is 10.5 Å². The molecule has 1 aromatic carbocycles. The summed E-state index contributed by atoms with van der Waals surface area (Å²) in [6.45, 7) is 0. The second kappa shape index (κ2) is 5.81. The topological polar surface area (TPSA) is 89.9 Å². The number of nitrogens with one attached hydrogen (secondary N) is 1. The Bertz CT molecular complexity index is 500. The van der Waals surface area contributed by atoms with Crippen molar-refractivity contribution in [1.82, 2.24) is 5.32 Å². The summed E-state index contributed by atoms with van der Waals surface area (Å²) in [5.74, 6) is -1.02. The lowest BCUT2D eigenvalue weighted by Gasteiger charge is -2.21. The molecule has 0 saturated heterocycles. The number of carboxylic acid groups (broad SMARTS) is 1. The van der Waals surface area contributed by atoms with Gasteiger partial charge in [0, 0.05) is 18.8 Å². The van der Waals surface area contributed by atoms with Crippen molar-refractivity contribution in [3.63, 3.8) is 0 Å². The van der Waals surface area contributed by atoms with E-state index >= 15 is 0 Å². The van der Waals surface area contributed by atoms with Gasteiger partial charge >= 0.3 is 12.0 Å². The molecule has 3 N–H and O–H groups in total. The molecule has 0 aliphatic heterocycles. The minimum absolute atomic E-state index is 0.0943. The van der Waals surface area contributed by atoms with E-state index in [-0.39, 0.29) is 23.7 Å². The van der Waals surface area contributed by atoms with E-state index in [1.54, 1.807) is 19.2 Å². The van der Waals surface area contributed by atoms with E-state index in [1.807, 2.05) is 0 Å². The molecule has 0 spiro atoms. The van der Waals surface area contributed by atoms with E-state index in [2.05, 4.69) is 5.32 Å². The normalized spacial score (nSPS) is 21.4. The fourth-order valence-corrected chi connectivity index (χ4v) is 2.40. The lowest BCUT2D eigenvalue weighted by Crippen LogP contribution is -2.42. The second-order valence-electron chi connectivity index (χ2n) is 5.07. The number of carbonyl (C=O) groups is 2. The number of hydrogen-bond donors (Lipinski definition) is 3. The lowest BCUT2D eigenvalue weighted by molar-refractivity contribution is -0.141. The molecule has 0 heterocycles. The van der Waals surface area contributed by atoms with Gasteiger partial charge in [0.2, 0.25) is 0 Å². The fraction of sp³-hybridized carbons (Fsp3) is 0.429. The van der Waals surface area contributed by atoms with Crippen molar-refractivity contribution < 1.29 is 19.8 Å². The average Bonchev–Trinajstić information content (AvgIpc) is 2.87. The van der Waals surface area contributed by atoms with Crippen molar-refractivity contribution in [1.29, 1.82) is 0 Å². The Hall–Kier alpha value is -2.24. The minimum atomic E-state index is -0.798. The van der Waals surface area contributed by atoms with E-state index in [0.29, 0.717) is 24.9 Å². The fourth-order valence-electron chi connectivity index (χ4n) is 2.40. The van der Waals surface area contributed by atoms with Crippen LogP contribution in [0.25, 0.3) is 0 Å². The molecule has 0 aromatic heterocycles. The van der Waals surface area contributed by atoms with E-state index < -0.39 is 5.97 Å². The molecule has 1 aliphatic carbocycles. The number of hydrogen-bond acceptors (Lipinski definition) is 3. The number of anilines is 1. The number of carboxylic acids is 1. The maximum Gasteiger partial charge on any atom is 0.321 e. The van der Waals surface area contributed by atoms with Gasteiger partial charge in [-0.2, -0.15) is 0 Å². The Morgan fingerprint density at radius 1 is 1.25 bits per heavy atom. The number of urea groups is 1. The van der Waals surface area contributed by atoms with Crippen LogP contribution in [0.3, 0.4) is 0 Å². The summed E-state index contributed by atoms with van der Waals surface area (Å²) in [5, 5.41) is 21.0. The number of benzene rings is 1. The number of aromatic hydroxyl groups is 1. The standard InChI is InChI=1S/C14H18N2O4/c1-16(11-4-6-12(17)7-5-11)14(20)15-10-3-2-9(8-10)13(18)19/h4-7,9-10,17H,2-3,8H2,1H3,(H,15,20)(H,18,19). The monoisotopic (exact) mass is 278 g/mol. The Morgan fingerprint density at radius 2 is 1.90 bits per heavy atom. The average molecular weight is 278 g/mol. The van der Waals surface area contributed by atoms with Gasteiger partial charge in [-0.25, -0.2) is 4.79 Å². The zero-order valence-electron chi connectivity index (χ0n) is 11.2. The number of rotatable bonds is 3. The van der Waals surface area contributed by atoms with E-state index in [0.717, 1.165) is 0 Å². The number of phenols is 1. The summed E-state index contributed by atoms with van der Waals surface area (Å²) in [6.07, 6.45) is 1.76. The zero-order valence-corrected chi connectivity index (χ0v) is 11.2. The first-order valence-electron chi connectivity index (χ1n) is 6.53. The Balaban J connectivity index is 1.92. The Kier molecular flexibility index (Phi) is 4.12. The largest absolute Gasteiger partial charge is 0.508 e. The van der Waals surface area contributed by atoms with Crippen molar-refractivity contribution >= 4 is 17.7 Å². The number of carbonyl (C=O) groups excluding carboxylic acids is 1. The molecule has 1 aromatic rings. The maximum absolute atomic E-state index is 12.1. The van der Waals surface area contributed by atoms with Crippen LogP contribution < -0.4 is 10.2 Å². The van der Waals surface area contributed by atoms with Crippen molar-refractivity contribution in [2.45, 2.75) is 25.3 Å². The smallest absolute Gasteiger partial charge is 0.321 e. The van der Waals surface area contributed by atoms with Gasteiger partial charge < -0.3 is 15.5 Å². The van der Waals surface area contributed by atoms with Crippen molar-refractivity contribution in [3.05, 3.63) is 24.3 Å². The van der Waals surface area contributed by atoms with E-state index in [9.17, 15) is 14.7 Å². The predicted molar refractivity (Wildman–Crippen MR) is 73.8 cm³/mol. The molecule has 2 rings (SSSR count). The zero-order chi connectivity index (χ0) is 14.7. The van der Waals surface area contributed by atoms with Gasteiger partial charge in [0.05, 0.1) is 5.92 Å². The van der Waals surface area contributed by atoms with Crippen molar-refractivity contribution in [3.8, 4) is 5.75 Å². The van der Waals surface area contributed by atoms with Crippen LogP contribution in [0.1, 0.15) is 19.3 Å². The molecule has 108 valence electrons. The van der Waals surface area contributed by atoms with Gasteiger partial charge in [-0.1, -0.05) is 0 Å². The highest BCUT2D eigenvalue weighted by Crippen LogP contribution is 2.26. The summed E-state index contributed by atoms with van der Waals surface area (Å²) >= 11 is 0. The van der Waals surface area contributed by atoms with Crippen LogP contribution in [-0.2, 0) is 4.79 Å². The summed E-state index contributed by atoms with van der Waals surface area (Å²) in [5.41, 5.74) is 0.660. The molecule has 1 saturated carbocycles. The molecule has 2 amide bonds. The van der Waals surface area contributed by atoms with Crippen molar-refractivity contribution in [2.24, 2.45) is 5.92 Å². The molecule has 2 atom stereocenters. The van der Waals surface area contributed by atoms with Crippen LogP contribution in [0.15, 0.2) is 24.3 Å². The summed E-state index contributed by atoms with van der Waals surface area (Å²) < 4.78 is 0. The van der Waals surface area contributed by atoms with Crippen molar-refractivity contribution in [2.75, 3.05) is 11.9 Å². The lowest BCUT2D eigenvalue weighted by atomic mass is 10.1. The highest BCUT2D eigenvalue weighted by Gasteiger charge is 2.31. The molecule has 6 nitrogen and oxygen atoms in total. The predicted octanol–water partition coefficient (Wildman–Crippen LogP) is 1.79. The third-order valence-electron chi connectivity index (χ3n) is 3.65. The maximum atomic E-state index is 12.1. The summed E-state index contributed by atoms with van der Waals surface area (Å²) in [6, 6.07) is 5.94. The van der Waals surface area contributed by atoms with Crippen LogP contribution >= 0.6 is 0 Å². The van der Waals surface area contributed by atoms with Crippen LogP contribution in [0.5, 0.6) is 5.75 Å². The highest BCUT2D eigenvalue weighted by molar-refractivity contribution is 5.91. The SMILES string of the molecule is CN(C(=O)NC1CCC(C(=O)O)C1)c1ccc(O)cc1. The Labute approximate surface area is 117 Å². The molecule has 20 heavy (non-hydrogen) atoms. The molecular weight excluding hydrogens is 260 g/mol. The van der Waals surface area contributed by atoms with Crippen LogP contribution in [0.2, 0.25) is 0 Å². The summed E-state index contributed by atoms with van der Waals surface area (Å²) in [4.78, 5) is 24.4. The molecule has 1 fully saturated rings. The van der Waals surface area contributed by atoms with Gasteiger partial charge in [0.1, 0.15) is 5.75 Å².